The van der Waals surface area contributed by atoms with Gasteiger partial charge >= 0.3 is 0 Å². The minimum Gasteiger partial charge on any atom is -0.296 e. The number of nitro benzene ring substituents is 1. The standard InChI is InChI=1S/C17H17Cl2N3O4S/c18-14-6-5-13(11-15(14)19)12-20-7-9-21(10-8-20)27(25,26)17-4-2-1-3-16(17)22(23)24/h1-6,11H,7-10,12H2. The van der Waals surface area contributed by atoms with Crippen LogP contribution in [-0.2, 0) is 16.6 Å². The molecule has 0 N–H and O–H groups in total. The first-order valence-corrected chi connectivity index (χ1v) is 10.4. The van der Waals surface area contributed by atoms with Crippen LogP contribution in [0.4, 0.5) is 5.69 Å². The molecule has 1 aliphatic rings. The Morgan fingerprint density at radius 1 is 1.00 bits per heavy atom. The van der Waals surface area contributed by atoms with Gasteiger partial charge in [0, 0.05) is 38.8 Å². The van der Waals surface area contributed by atoms with Gasteiger partial charge in [0.2, 0.25) is 10.0 Å². The molecule has 1 fully saturated rings. The molecule has 0 atom stereocenters. The van der Waals surface area contributed by atoms with Gasteiger partial charge in [-0.05, 0) is 23.8 Å². The third-order valence-corrected chi connectivity index (χ3v) is 7.09. The third-order valence-electron chi connectivity index (χ3n) is 4.40. The number of nitrogens with zero attached hydrogens (tertiary/aromatic N) is 3. The van der Waals surface area contributed by atoms with E-state index in [9.17, 15) is 18.5 Å². The van der Waals surface area contributed by atoms with Crippen molar-refractivity contribution in [3.05, 3.63) is 68.2 Å². The van der Waals surface area contributed by atoms with Crippen molar-refractivity contribution in [3.8, 4) is 0 Å². The van der Waals surface area contributed by atoms with Crippen molar-refractivity contribution in [1.82, 2.24) is 9.21 Å². The molecule has 0 aliphatic carbocycles. The number of rotatable bonds is 5. The average molecular weight is 430 g/mol. The normalized spacial score (nSPS) is 16.4. The van der Waals surface area contributed by atoms with E-state index in [0.29, 0.717) is 29.7 Å². The van der Waals surface area contributed by atoms with Crippen LogP contribution in [0, 0.1) is 10.1 Å². The summed E-state index contributed by atoms with van der Waals surface area (Å²) >= 11 is 11.9. The van der Waals surface area contributed by atoms with Crippen LogP contribution in [0.3, 0.4) is 0 Å². The Labute approximate surface area is 167 Å². The van der Waals surface area contributed by atoms with Gasteiger partial charge in [-0.2, -0.15) is 4.31 Å². The Morgan fingerprint density at radius 2 is 1.67 bits per heavy atom. The summed E-state index contributed by atoms with van der Waals surface area (Å²) in [7, 11) is -3.92. The summed E-state index contributed by atoms with van der Waals surface area (Å²) in [6, 6.07) is 10.8. The Balaban J connectivity index is 1.70. The van der Waals surface area contributed by atoms with Crippen LogP contribution in [0.15, 0.2) is 47.4 Å². The molecule has 10 heteroatoms. The predicted octanol–water partition coefficient (Wildman–Crippen LogP) is 3.41. The van der Waals surface area contributed by atoms with Gasteiger partial charge in [0.1, 0.15) is 0 Å². The molecule has 2 aromatic rings. The fraction of sp³-hybridized carbons (Fsp3) is 0.294. The molecule has 7 nitrogen and oxygen atoms in total. The first-order chi connectivity index (χ1) is 12.8. The SMILES string of the molecule is O=[N+]([O-])c1ccccc1S(=O)(=O)N1CCN(Cc2ccc(Cl)c(Cl)c2)CC1. The van der Waals surface area contributed by atoms with Gasteiger partial charge in [0.15, 0.2) is 4.90 Å². The Morgan fingerprint density at radius 3 is 2.30 bits per heavy atom. The highest BCUT2D eigenvalue weighted by Gasteiger charge is 2.33. The summed E-state index contributed by atoms with van der Waals surface area (Å²) in [5.74, 6) is 0. The molecule has 1 heterocycles. The third kappa shape index (κ3) is 4.41. The second-order valence-corrected chi connectivity index (χ2v) is 8.87. The number of nitro groups is 1. The van der Waals surface area contributed by atoms with Crippen LogP contribution < -0.4 is 0 Å². The molecule has 0 unspecified atom stereocenters. The van der Waals surface area contributed by atoms with Crippen LogP contribution in [0.5, 0.6) is 0 Å². The molecule has 0 saturated carbocycles. The molecule has 0 aromatic heterocycles. The molecule has 1 saturated heterocycles. The fourth-order valence-corrected chi connectivity index (χ4v) is 4.89. The van der Waals surface area contributed by atoms with Crippen molar-refractivity contribution in [2.75, 3.05) is 26.2 Å². The molecule has 3 rings (SSSR count). The smallest absolute Gasteiger partial charge is 0.289 e. The second kappa shape index (κ2) is 8.12. The topological polar surface area (TPSA) is 83.8 Å². The van der Waals surface area contributed by atoms with Crippen LogP contribution in [0.2, 0.25) is 10.0 Å². The van der Waals surface area contributed by atoms with E-state index in [1.165, 1.54) is 28.6 Å². The lowest BCUT2D eigenvalue weighted by Gasteiger charge is -2.33. The van der Waals surface area contributed by atoms with Gasteiger partial charge < -0.3 is 0 Å². The molecule has 1 aliphatic heterocycles. The van der Waals surface area contributed by atoms with Crippen molar-refractivity contribution in [3.63, 3.8) is 0 Å². The van der Waals surface area contributed by atoms with Crippen molar-refractivity contribution >= 4 is 38.9 Å². The van der Waals surface area contributed by atoms with Crippen LogP contribution in [-0.4, -0.2) is 48.7 Å². The van der Waals surface area contributed by atoms with E-state index in [1.54, 1.807) is 12.1 Å². The zero-order valence-corrected chi connectivity index (χ0v) is 16.5. The largest absolute Gasteiger partial charge is 0.296 e. The van der Waals surface area contributed by atoms with Crippen LogP contribution in [0.25, 0.3) is 0 Å². The quantitative estimate of drug-likeness (QED) is 0.536. The second-order valence-electron chi connectivity index (χ2n) is 6.15. The van der Waals surface area contributed by atoms with Crippen molar-refractivity contribution in [2.45, 2.75) is 11.4 Å². The van der Waals surface area contributed by atoms with E-state index in [2.05, 4.69) is 4.90 Å². The monoisotopic (exact) mass is 429 g/mol. The lowest BCUT2D eigenvalue weighted by molar-refractivity contribution is -0.387. The van der Waals surface area contributed by atoms with Gasteiger partial charge in [-0.25, -0.2) is 8.42 Å². The minimum absolute atomic E-state index is 0.260. The first kappa shape index (κ1) is 20.0. The number of benzene rings is 2. The molecule has 0 amide bonds. The Hall–Kier alpha value is -1.71. The molecular formula is C17H17Cl2N3O4S. The molecular weight excluding hydrogens is 413 g/mol. The summed E-state index contributed by atoms with van der Waals surface area (Å²) in [6.07, 6.45) is 0. The fourth-order valence-electron chi connectivity index (χ4n) is 2.99. The maximum atomic E-state index is 12.8. The molecule has 0 spiro atoms. The zero-order chi connectivity index (χ0) is 19.6. The summed E-state index contributed by atoms with van der Waals surface area (Å²) < 4.78 is 27.0. The van der Waals surface area contributed by atoms with Crippen LogP contribution >= 0.6 is 23.2 Å². The van der Waals surface area contributed by atoms with Gasteiger partial charge in [0.05, 0.1) is 15.0 Å². The van der Waals surface area contributed by atoms with E-state index < -0.39 is 20.6 Å². The number of sulfonamides is 1. The van der Waals surface area contributed by atoms with Crippen molar-refractivity contribution < 1.29 is 13.3 Å². The number of hydrogen-bond donors (Lipinski definition) is 0. The summed E-state index contributed by atoms with van der Waals surface area (Å²) in [5.41, 5.74) is 0.579. The predicted molar refractivity (Wildman–Crippen MR) is 104 cm³/mol. The average Bonchev–Trinajstić information content (AvgIpc) is 2.65. The van der Waals surface area contributed by atoms with Gasteiger partial charge in [-0.15, -0.1) is 0 Å². The lowest BCUT2D eigenvalue weighted by atomic mass is 10.2. The maximum Gasteiger partial charge on any atom is 0.289 e. The summed E-state index contributed by atoms with van der Waals surface area (Å²) in [4.78, 5) is 12.3. The van der Waals surface area contributed by atoms with Gasteiger partial charge in [-0.1, -0.05) is 41.4 Å². The van der Waals surface area contributed by atoms with E-state index >= 15 is 0 Å². The highest BCUT2D eigenvalue weighted by molar-refractivity contribution is 7.89. The first-order valence-electron chi connectivity index (χ1n) is 8.19. The number of halogens is 2. The Kier molecular flexibility index (Phi) is 6.02. The van der Waals surface area contributed by atoms with E-state index in [-0.39, 0.29) is 18.0 Å². The number of hydrogen-bond acceptors (Lipinski definition) is 5. The summed E-state index contributed by atoms with van der Waals surface area (Å²) in [6.45, 7) is 2.17. The lowest BCUT2D eigenvalue weighted by Crippen LogP contribution is -2.48. The maximum absolute atomic E-state index is 12.8. The number of para-hydroxylation sites is 1. The number of piperazine rings is 1. The van der Waals surface area contributed by atoms with E-state index in [1.807, 2.05) is 6.07 Å². The van der Waals surface area contributed by atoms with E-state index in [4.69, 9.17) is 23.2 Å². The van der Waals surface area contributed by atoms with Gasteiger partial charge in [0.25, 0.3) is 5.69 Å². The van der Waals surface area contributed by atoms with Gasteiger partial charge in [-0.3, -0.25) is 15.0 Å². The highest BCUT2D eigenvalue weighted by Crippen LogP contribution is 2.27. The summed E-state index contributed by atoms with van der Waals surface area (Å²) in [5, 5.41) is 12.1. The zero-order valence-electron chi connectivity index (χ0n) is 14.2. The van der Waals surface area contributed by atoms with E-state index in [0.717, 1.165) is 5.56 Å². The molecule has 2 aromatic carbocycles. The Bertz CT molecular complexity index is 960. The molecule has 0 radical (unpaired) electrons. The molecule has 0 bridgehead atoms. The minimum atomic E-state index is -3.92. The highest BCUT2D eigenvalue weighted by atomic mass is 35.5. The van der Waals surface area contributed by atoms with Crippen LogP contribution in [0.1, 0.15) is 5.56 Å². The van der Waals surface area contributed by atoms with Crippen molar-refractivity contribution in [1.29, 1.82) is 0 Å². The van der Waals surface area contributed by atoms with Crippen molar-refractivity contribution in [2.24, 2.45) is 0 Å². The molecule has 27 heavy (non-hydrogen) atoms. The molecule has 144 valence electrons.